The summed E-state index contributed by atoms with van der Waals surface area (Å²) in [7, 11) is 0. The number of carbonyl (C=O) groups is 1. The van der Waals surface area contributed by atoms with Gasteiger partial charge in [-0.25, -0.2) is 0 Å². The summed E-state index contributed by atoms with van der Waals surface area (Å²) in [5.41, 5.74) is 0.0830. The minimum absolute atomic E-state index is 0.267. The molecule has 2 nitrogen and oxygen atoms in total. The van der Waals surface area contributed by atoms with Gasteiger partial charge in [-0.3, -0.25) is 4.79 Å². The smallest absolute Gasteiger partial charge is 0.323 e. The van der Waals surface area contributed by atoms with Crippen LogP contribution in [-0.2, 0) is 14.9 Å². The quantitative estimate of drug-likeness (QED) is 0.575. The highest BCUT2D eigenvalue weighted by Crippen LogP contribution is 2.44. The molecule has 1 aromatic carbocycles. The zero-order valence-corrected chi connectivity index (χ0v) is 13.6. The van der Waals surface area contributed by atoms with E-state index >= 15 is 0 Å². The van der Waals surface area contributed by atoms with Crippen LogP contribution >= 0.6 is 27.5 Å². The molecule has 1 aliphatic rings. The lowest BCUT2D eigenvalue weighted by molar-refractivity contribution is -0.140. The Labute approximate surface area is 132 Å². The number of allylic oxidation sites excluding steroid dienone is 2. The van der Waals surface area contributed by atoms with Crippen LogP contribution in [0.4, 0.5) is 0 Å². The molecule has 0 unspecified atom stereocenters. The van der Waals surface area contributed by atoms with E-state index in [0.717, 1.165) is 10.0 Å². The van der Waals surface area contributed by atoms with Gasteiger partial charge >= 0.3 is 5.97 Å². The Balaban J connectivity index is 2.54. The zero-order valence-electron chi connectivity index (χ0n) is 11.3. The van der Waals surface area contributed by atoms with Crippen molar-refractivity contribution in [3.05, 3.63) is 45.1 Å². The van der Waals surface area contributed by atoms with Crippen LogP contribution in [0.5, 0.6) is 0 Å². The first kappa shape index (κ1) is 15.2. The summed E-state index contributed by atoms with van der Waals surface area (Å²) in [6.07, 6.45) is 0.921. The SMILES string of the molecule is CC#CC[C@]1(c2cccc(Cl)c2)C/C(=C(/C)Br)OC1=O. The highest BCUT2D eigenvalue weighted by molar-refractivity contribution is 9.11. The molecule has 104 valence electrons. The Morgan fingerprint density at radius 3 is 2.85 bits per heavy atom. The third-order valence-corrected chi connectivity index (χ3v) is 4.07. The van der Waals surface area contributed by atoms with Crippen LogP contribution in [0.25, 0.3) is 0 Å². The maximum atomic E-state index is 12.4. The van der Waals surface area contributed by atoms with Gasteiger partial charge in [-0.15, -0.1) is 11.8 Å². The third kappa shape index (κ3) is 2.77. The number of rotatable bonds is 2. The van der Waals surface area contributed by atoms with Gasteiger partial charge in [0.1, 0.15) is 11.2 Å². The molecule has 20 heavy (non-hydrogen) atoms. The summed E-state index contributed by atoms with van der Waals surface area (Å²) < 4.78 is 6.25. The van der Waals surface area contributed by atoms with Crippen LogP contribution in [0.2, 0.25) is 5.02 Å². The van der Waals surface area contributed by atoms with E-state index in [1.807, 2.05) is 25.1 Å². The largest absolute Gasteiger partial charge is 0.429 e. The first-order valence-electron chi connectivity index (χ1n) is 6.23. The van der Waals surface area contributed by atoms with Crippen LogP contribution < -0.4 is 0 Å². The molecule has 4 heteroatoms. The van der Waals surface area contributed by atoms with Crippen LogP contribution in [0, 0.1) is 11.8 Å². The highest BCUT2D eigenvalue weighted by atomic mass is 79.9. The topological polar surface area (TPSA) is 26.3 Å². The molecule has 0 amide bonds. The van der Waals surface area contributed by atoms with Gasteiger partial charge < -0.3 is 4.74 Å². The number of halogens is 2. The second-order valence-electron chi connectivity index (χ2n) is 4.72. The monoisotopic (exact) mass is 352 g/mol. The van der Waals surface area contributed by atoms with E-state index in [4.69, 9.17) is 16.3 Å². The molecule has 0 aromatic heterocycles. The maximum Gasteiger partial charge on any atom is 0.323 e. The molecule has 1 saturated heterocycles. The molecular formula is C16H14BrClO2. The Kier molecular flexibility index (Phi) is 4.57. The van der Waals surface area contributed by atoms with Gasteiger partial charge in [0.15, 0.2) is 0 Å². The van der Waals surface area contributed by atoms with E-state index < -0.39 is 5.41 Å². The number of ether oxygens (including phenoxy) is 1. The molecule has 0 radical (unpaired) electrons. The van der Waals surface area contributed by atoms with Crippen molar-refractivity contribution in [3.63, 3.8) is 0 Å². The molecule has 1 aliphatic heterocycles. The lowest BCUT2D eigenvalue weighted by Gasteiger charge is -2.22. The lowest BCUT2D eigenvalue weighted by atomic mass is 9.76. The Morgan fingerprint density at radius 1 is 1.55 bits per heavy atom. The van der Waals surface area contributed by atoms with Gasteiger partial charge in [0.2, 0.25) is 0 Å². The van der Waals surface area contributed by atoms with Gasteiger partial charge in [-0.05, 0) is 31.5 Å². The van der Waals surface area contributed by atoms with Gasteiger partial charge in [-0.2, -0.15) is 0 Å². The minimum atomic E-state index is -0.766. The molecule has 0 bridgehead atoms. The molecule has 1 fully saturated rings. The second kappa shape index (κ2) is 6.03. The lowest BCUT2D eigenvalue weighted by Crippen LogP contribution is -2.31. The number of hydrogen-bond acceptors (Lipinski definition) is 2. The average Bonchev–Trinajstić information content (AvgIpc) is 2.75. The van der Waals surface area contributed by atoms with Crippen molar-refractivity contribution < 1.29 is 9.53 Å². The summed E-state index contributed by atoms with van der Waals surface area (Å²) in [5.74, 6) is 6.25. The van der Waals surface area contributed by atoms with E-state index in [0.29, 0.717) is 23.6 Å². The van der Waals surface area contributed by atoms with E-state index in [1.165, 1.54) is 0 Å². The molecule has 1 aromatic rings. The van der Waals surface area contributed by atoms with Crippen LogP contribution in [-0.4, -0.2) is 5.97 Å². The number of hydrogen-bond donors (Lipinski definition) is 0. The van der Waals surface area contributed by atoms with Crippen molar-refractivity contribution in [2.45, 2.75) is 32.1 Å². The van der Waals surface area contributed by atoms with Gasteiger partial charge in [0, 0.05) is 22.3 Å². The van der Waals surface area contributed by atoms with Crippen molar-refractivity contribution in [1.29, 1.82) is 0 Å². The molecular weight excluding hydrogens is 340 g/mol. The van der Waals surface area contributed by atoms with Gasteiger partial charge in [0.05, 0.1) is 0 Å². The van der Waals surface area contributed by atoms with E-state index in [9.17, 15) is 4.79 Å². The van der Waals surface area contributed by atoms with Gasteiger partial charge in [-0.1, -0.05) is 39.7 Å². The summed E-state index contributed by atoms with van der Waals surface area (Å²) in [4.78, 5) is 12.4. The Bertz CT molecular complexity index is 635. The van der Waals surface area contributed by atoms with Crippen molar-refractivity contribution in [1.82, 2.24) is 0 Å². The standard InChI is InChI=1S/C16H14BrClO2/c1-3-4-8-16(12-6-5-7-13(18)9-12)10-14(11(2)17)20-15(16)19/h5-7,9H,8,10H2,1-2H3/b14-11+/t16-/m1/s1. The number of esters is 1. The molecule has 2 rings (SSSR count). The van der Waals surface area contributed by atoms with Crippen molar-refractivity contribution in [2.75, 3.05) is 0 Å². The summed E-state index contributed by atoms with van der Waals surface area (Å²) in [5, 5.41) is 0.604. The fourth-order valence-electron chi connectivity index (χ4n) is 2.27. The molecule has 0 spiro atoms. The van der Waals surface area contributed by atoms with Crippen molar-refractivity contribution in [2.24, 2.45) is 0 Å². The maximum absolute atomic E-state index is 12.4. The average molecular weight is 354 g/mol. The minimum Gasteiger partial charge on any atom is -0.429 e. The fraction of sp³-hybridized carbons (Fsp3) is 0.312. The van der Waals surface area contributed by atoms with Crippen molar-refractivity contribution in [3.8, 4) is 11.8 Å². The second-order valence-corrected chi connectivity index (χ2v) is 6.34. The Morgan fingerprint density at radius 2 is 2.30 bits per heavy atom. The van der Waals surface area contributed by atoms with Gasteiger partial charge in [0.25, 0.3) is 0 Å². The fourth-order valence-corrected chi connectivity index (χ4v) is 2.68. The van der Waals surface area contributed by atoms with E-state index in [1.54, 1.807) is 13.0 Å². The first-order chi connectivity index (χ1) is 9.49. The summed E-state index contributed by atoms with van der Waals surface area (Å²) in [6, 6.07) is 7.34. The molecule has 1 atom stereocenters. The molecule has 0 aliphatic carbocycles. The predicted octanol–water partition coefficient (Wildman–Crippen LogP) is 4.56. The number of cyclic esters (lactones) is 1. The Hall–Kier alpha value is -1.24. The highest BCUT2D eigenvalue weighted by Gasteiger charge is 2.48. The van der Waals surface area contributed by atoms with Crippen LogP contribution in [0.1, 0.15) is 32.3 Å². The first-order valence-corrected chi connectivity index (χ1v) is 7.40. The van der Waals surface area contributed by atoms with Crippen molar-refractivity contribution >= 4 is 33.5 Å². The predicted molar refractivity (Wildman–Crippen MR) is 83.5 cm³/mol. The molecule has 0 N–H and O–H groups in total. The van der Waals surface area contributed by atoms with Crippen LogP contribution in [0.15, 0.2) is 34.5 Å². The number of carbonyl (C=O) groups excluding carboxylic acids is 1. The molecule has 0 saturated carbocycles. The normalized spacial score (nSPS) is 23.9. The third-order valence-electron chi connectivity index (χ3n) is 3.40. The van der Waals surface area contributed by atoms with E-state index in [2.05, 4.69) is 27.8 Å². The zero-order chi connectivity index (χ0) is 14.8. The summed E-state index contributed by atoms with van der Waals surface area (Å²) in [6.45, 7) is 3.63. The van der Waals surface area contributed by atoms with E-state index in [-0.39, 0.29) is 5.97 Å². The summed E-state index contributed by atoms with van der Waals surface area (Å²) >= 11 is 9.43. The number of benzene rings is 1. The molecule has 1 heterocycles. The van der Waals surface area contributed by atoms with Crippen LogP contribution in [0.3, 0.4) is 0 Å².